The number of hydrogen-bond acceptors (Lipinski definition) is 6. The quantitative estimate of drug-likeness (QED) is 0.501. The summed E-state index contributed by atoms with van der Waals surface area (Å²) in [4.78, 5) is 28.3. The van der Waals surface area contributed by atoms with E-state index in [9.17, 15) is 9.59 Å². The fourth-order valence-electron chi connectivity index (χ4n) is 2.01. The normalized spacial score (nSPS) is 16.1. The third-order valence-corrected chi connectivity index (χ3v) is 2.86. The van der Waals surface area contributed by atoms with Crippen LogP contribution in [0, 0.1) is 0 Å². The molecular weight excluding hydrogens is 312 g/mol. The topological polar surface area (TPSA) is 101 Å². The molecule has 0 aromatic carbocycles. The van der Waals surface area contributed by atoms with Gasteiger partial charge in [-0.25, -0.2) is 14.6 Å². The monoisotopic (exact) mass is 342 g/mol. The highest BCUT2D eigenvalue weighted by Gasteiger charge is 2.22. The Morgan fingerprint density at radius 3 is 1.71 bits per heavy atom. The molecule has 2 amide bonds. The molecule has 0 aliphatic carbocycles. The van der Waals surface area contributed by atoms with Crippen LogP contribution >= 0.6 is 0 Å². The number of carbonyl (C=O) groups is 2. The van der Waals surface area contributed by atoms with E-state index >= 15 is 0 Å². The van der Waals surface area contributed by atoms with Gasteiger partial charge in [-0.2, -0.15) is 0 Å². The Balaban J connectivity index is 2.76. The molecule has 1 heterocycles. The largest absolute Gasteiger partial charge is 0.444 e. The van der Waals surface area contributed by atoms with E-state index in [0.717, 1.165) is 25.9 Å². The third kappa shape index (κ3) is 9.34. The van der Waals surface area contributed by atoms with E-state index in [0.29, 0.717) is 0 Å². The van der Waals surface area contributed by atoms with Gasteiger partial charge in [0.05, 0.1) is 6.04 Å². The van der Waals surface area contributed by atoms with E-state index in [2.05, 4.69) is 20.9 Å². The van der Waals surface area contributed by atoms with Crippen molar-refractivity contribution < 1.29 is 19.1 Å². The summed E-state index contributed by atoms with van der Waals surface area (Å²) in [5.41, 5.74) is -1.29. The van der Waals surface area contributed by atoms with Crippen LogP contribution in [0.2, 0.25) is 0 Å². The van der Waals surface area contributed by atoms with E-state index in [1.807, 2.05) is 0 Å². The van der Waals surface area contributed by atoms with E-state index in [4.69, 9.17) is 9.47 Å². The van der Waals surface area contributed by atoms with Crippen LogP contribution < -0.4 is 16.0 Å². The maximum atomic E-state index is 12.0. The number of guanidine groups is 1. The first kappa shape index (κ1) is 20.2. The van der Waals surface area contributed by atoms with E-state index in [1.165, 1.54) is 0 Å². The molecule has 3 N–H and O–H groups in total. The average molecular weight is 342 g/mol. The Hall–Kier alpha value is -1.83. The highest BCUT2D eigenvalue weighted by Crippen LogP contribution is 2.09. The molecule has 8 nitrogen and oxygen atoms in total. The van der Waals surface area contributed by atoms with Gasteiger partial charge >= 0.3 is 12.2 Å². The number of aliphatic imine (C=N–C) groups is 1. The van der Waals surface area contributed by atoms with Crippen LogP contribution in [-0.4, -0.2) is 48.5 Å². The van der Waals surface area contributed by atoms with Gasteiger partial charge in [0.25, 0.3) is 0 Å². The maximum absolute atomic E-state index is 12.0. The zero-order valence-corrected chi connectivity index (χ0v) is 15.5. The van der Waals surface area contributed by atoms with E-state index < -0.39 is 23.4 Å². The van der Waals surface area contributed by atoms with Gasteiger partial charge in [-0.1, -0.05) is 0 Å². The third-order valence-electron chi connectivity index (χ3n) is 2.86. The zero-order chi connectivity index (χ0) is 18.4. The van der Waals surface area contributed by atoms with Crippen molar-refractivity contribution in [1.29, 1.82) is 0 Å². The van der Waals surface area contributed by atoms with Gasteiger partial charge in [-0.15, -0.1) is 0 Å². The van der Waals surface area contributed by atoms with Gasteiger partial charge in [-0.3, -0.25) is 10.6 Å². The summed E-state index contributed by atoms with van der Waals surface area (Å²) >= 11 is 0. The zero-order valence-electron chi connectivity index (χ0n) is 15.5. The average Bonchev–Trinajstić information content (AvgIpc) is 2.34. The first-order valence-corrected chi connectivity index (χ1v) is 8.23. The number of alkyl carbamates (subject to hydrolysis) is 2. The van der Waals surface area contributed by atoms with Gasteiger partial charge in [-0.05, 0) is 67.5 Å². The first-order valence-electron chi connectivity index (χ1n) is 8.23. The predicted molar refractivity (Wildman–Crippen MR) is 92.1 cm³/mol. The van der Waals surface area contributed by atoms with Gasteiger partial charge in [0.2, 0.25) is 5.96 Å². The number of rotatable bonds is 1. The Morgan fingerprint density at radius 1 is 0.917 bits per heavy atom. The van der Waals surface area contributed by atoms with E-state index in [1.54, 1.807) is 41.5 Å². The molecule has 1 saturated heterocycles. The number of amides is 2. The lowest BCUT2D eigenvalue weighted by Gasteiger charge is -2.24. The van der Waals surface area contributed by atoms with Crippen molar-refractivity contribution in [2.75, 3.05) is 13.1 Å². The second-order valence-electron chi connectivity index (χ2n) is 7.71. The minimum atomic E-state index is -0.675. The molecule has 0 spiro atoms. The lowest BCUT2D eigenvalue weighted by molar-refractivity contribution is 0.0545. The van der Waals surface area contributed by atoms with E-state index in [-0.39, 0.29) is 12.0 Å². The smallest absolute Gasteiger partial charge is 0.414 e. The van der Waals surface area contributed by atoms with Crippen LogP contribution in [-0.2, 0) is 9.47 Å². The van der Waals surface area contributed by atoms with Gasteiger partial charge in [0, 0.05) is 0 Å². The molecule has 1 aliphatic rings. The summed E-state index contributed by atoms with van der Waals surface area (Å²) in [5, 5.41) is 8.23. The van der Waals surface area contributed by atoms with Crippen molar-refractivity contribution in [3.63, 3.8) is 0 Å². The summed E-state index contributed by atoms with van der Waals surface area (Å²) in [7, 11) is 0. The minimum absolute atomic E-state index is 0.0196. The maximum Gasteiger partial charge on any atom is 0.414 e. The van der Waals surface area contributed by atoms with Crippen LogP contribution in [0.1, 0.15) is 54.4 Å². The van der Waals surface area contributed by atoms with Crippen molar-refractivity contribution in [1.82, 2.24) is 16.0 Å². The van der Waals surface area contributed by atoms with Gasteiger partial charge < -0.3 is 14.8 Å². The molecule has 1 fully saturated rings. The van der Waals surface area contributed by atoms with Crippen molar-refractivity contribution >= 4 is 18.1 Å². The molecule has 24 heavy (non-hydrogen) atoms. The highest BCUT2D eigenvalue weighted by atomic mass is 16.6. The summed E-state index contributed by atoms with van der Waals surface area (Å²) < 4.78 is 10.4. The molecule has 1 aliphatic heterocycles. The summed E-state index contributed by atoms with van der Waals surface area (Å²) in [6, 6.07) is 0.0196. The molecule has 0 bridgehead atoms. The molecule has 0 unspecified atom stereocenters. The predicted octanol–water partition coefficient (Wildman–Crippen LogP) is 2.14. The molecular formula is C16H30N4O4. The minimum Gasteiger partial charge on any atom is -0.444 e. The Kier molecular flexibility index (Phi) is 7.01. The van der Waals surface area contributed by atoms with Crippen LogP contribution in [0.15, 0.2) is 4.99 Å². The van der Waals surface area contributed by atoms with Crippen molar-refractivity contribution in [2.24, 2.45) is 4.99 Å². The molecule has 138 valence electrons. The van der Waals surface area contributed by atoms with Crippen LogP contribution in [0.5, 0.6) is 0 Å². The molecule has 0 atom stereocenters. The second kappa shape index (κ2) is 8.32. The second-order valence-corrected chi connectivity index (χ2v) is 7.71. The summed E-state index contributed by atoms with van der Waals surface area (Å²) in [6.45, 7) is 12.3. The van der Waals surface area contributed by atoms with Crippen molar-refractivity contribution in [2.45, 2.75) is 71.6 Å². The molecule has 0 saturated carbocycles. The summed E-state index contributed by atoms with van der Waals surface area (Å²) in [5.74, 6) is 0.0467. The van der Waals surface area contributed by atoms with Crippen LogP contribution in [0.4, 0.5) is 9.59 Å². The number of nitrogens with one attached hydrogen (secondary N) is 3. The first-order chi connectivity index (χ1) is 10.9. The fourth-order valence-corrected chi connectivity index (χ4v) is 2.01. The Morgan fingerprint density at radius 2 is 1.33 bits per heavy atom. The van der Waals surface area contributed by atoms with Gasteiger partial charge in [0.15, 0.2) is 0 Å². The fraction of sp³-hybridized carbons (Fsp3) is 0.812. The molecule has 0 aromatic rings. The standard InChI is InChI=1S/C16H30N4O4/c1-15(2,3)23-13(21)19-12(18-11-7-9-17-10-8-11)20-14(22)24-16(4,5)6/h11,17H,7-10H2,1-6H3,(H2,18,19,20,21,22). The van der Waals surface area contributed by atoms with Crippen LogP contribution in [0.25, 0.3) is 0 Å². The molecule has 8 heteroatoms. The molecule has 0 aromatic heterocycles. The SMILES string of the molecule is CC(C)(C)OC(=O)NC(=NC1CCNCC1)NC(=O)OC(C)(C)C. The number of ether oxygens (including phenoxy) is 2. The summed E-state index contributed by atoms with van der Waals surface area (Å²) in [6.07, 6.45) is 0.308. The van der Waals surface area contributed by atoms with Crippen molar-refractivity contribution in [3.05, 3.63) is 0 Å². The lowest BCUT2D eigenvalue weighted by Crippen LogP contribution is -2.48. The molecule has 0 radical (unpaired) electrons. The Bertz CT molecular complexity index is 439. The van der Waals surface area contributed by atoms with Crippen molar-refractivity contribution in [3.8, 4) is 0 Å². The van der Waals surface area contributed by atoms with Gasteiger partial charge in [0.1, 0.15) is 11.2 Å². The molecule has 1 rings (SSSR count). The lowest BCUT2D eigenvalue weighted by atomic mass is 10.1. The Labute approximate surface area is 143 Å². The number of piperidine rings is 1. The highest BCUT2D eigenvalue weighted by molar-refractivity contribution is 6.01. The number of carbonyl (C=O) groups excluding carboxylic acids is 2. The number of hydrogen-bond donors (Lipinski definition) is 3. The van der Waals surface area contributed by atoms with Crippen LogP contribution in [0.3, 0.4) is 0 Å². The number of nitrogens with zero attached hydrogens (tertiary/aromatic N) is 1.